The van der Waals surface area contributed by atoms with E-state index >= 15 is 0 Å². The average Bonchev–Trinajstić information content (AvgIpc) is 2.52. The van der Waals surface area contributed by atoms with Crippen molar-refractivity contribution in [3.63, 3.8) is 0 Å². The Kier molecular flexibility index (Phi) is 5.64. The smallest absolute Gasteiger partial charge is 0.344 e. The fraction of sp³-hybridized carbons (Fsp3) is 0.0625. The van der Waals surface area contributed by atoms with E-state index in [-0.39, 0.29) is 27.9 Å². The number of primary amides is 1. The number of halogens is 2. The van der Waals surface area contributed by atoms with Gasteiger partial charge in [-0.2, -0.15) is 0 Å². The Morgan fingerprint density at radius 1 is 1.17 bits per heavy atom. The third-order valence-corrected chi connectivity index (χ3v) is 3.54. The van der Waals surface area contributed by atoms with E-state index in [1.165, 1.54) is 30.3 Å². The third-order valence-electron chi connectivity index (χ3n) is 2.88. The van der Waals surface area contributed by atoms with Crippen molar-refractivity contribution in [2.24, 2.45) is 5.73 Å². The molecule has 0 radical (unpaired) electrons. The Morgan fingerprint density at radius 3 is 2.58 bits per heavy atom. The van der Waals surface area contributed by atoms with Gasteiger partial charge in [0, 0.05) is 10.0 Å². The van der Waals surface area contributed by atoms with Crippen LogP contribution in [0.3, 0.4) is 0 Å². The molecule has 2 aromatic rings. The molecule has 0 fully saturated rings. The Morgan fingerprint density at radius 2 is 1.92 bits per heavy atom. The number of hydrogen-bond donors (Lipinski definition) is 2. The van der Waals surface area contributed by atoms with Crippen molar-refractivity contribution in [1.82, 2.24) is 5.32 Å². The normalized spacial score (nSPS) is 10.1. The van der Waals surface area contributed by atoms with Crippen LogP contribution in [-0.2, 0) is 4.79 Å². The summed E-state index contributed by atoms with van der Waals surface area (Å²) in [6, 6.07) is 9.39. The van der Waals surface area contributed by atoms with Crippen LogP contribution in [0.25, 0.3) is 0 Å². The zero-order valence-corrected chi connectivity index (χ0v) is 13.8. The highest BCUT2D eigenvalue weighted by molar-refractivity contribution is 9.10. The van der Waals surface area contributed by atoms with E-state index < -0.39 is 23.6 Å². The predicted molar refractivity (Wildman–Crippen MR) is 87.0 cm³/mol. The van der Waals surface area contributed by atoms with Gasteiger partial charge in [0.15, 0.2) is 0 Å². The van der Waals surface area contributed by atoms with Crippen molar-refractivity contribution in [2.75, 3.05) is 6.54 Å². The first kappa shape index (κ1) is 17.6. The van der Waals surface area contributed by atoms with Gasteiger partial charge in [-0.05, 0) is 52.3 Å². The largest absolute Gasteiger partial charge is 0.423 e. The monoisotopic (exact) mass is 394 g/mol. The molecule has 2 rings (SSSR count). The summed E-state index contributed by atoms with van der Waals surface area (Å²) in [6.07, 6.45) is 0. The number of nitrogens with one attached hydrogen (secondary N) is 1. The van der Waals surface area contributed by atoms with Gasteiger partial charge in [0.05, 0.1) is 12.1 Å². The average molecular weight is 395 g/mol. The number of rotatable bonds is 5. The van der Waals surface area contributed by atoms with E-state index in [9.17, 15) is 18.8 Å². The molecular weight excluding hydrogens is 383 g/mol. The molecule has 0 aliphatic heterocycles. The first-order chi connectivity index (χ1) is 11.4. The van der Waals surface area contributed by atoms with Crippen LogP contribution in [0, 0.1) is 5.82 Å². The van der Waals surface area contributed by atoms with Gasteiger partial charge in [0.25, 0.3) is 5.91 Å². The number of hydrogen-bond acceptors (Lipinski definition) is 4. The second-order valence-electron chi connectivity index (χ2n) is 4.69. The lowest BCUT2D eigenvalue weighted by molar-refractivity contribution is -0.117. The van der Waals surface area contributed by atoms with Crippen molar-refractivity contribution in [3.05, 3.63) is 63.9 Å². The van der Waals surface area contributed by atoms with Crippen LogP contribution in [0.1, 0.15) is 20.7 Å². The van der Waals surface area contributed by atoms with Crippen molar-refractivity contribution < 1.29 is 23.5 Å². The molecule has 3 N–H and O–H groups in total. The minimum Gasteiger partial charge on any atom is -0.423 e. The molecule has 0 spiro atoms. The summed E-state index contributed by atoms with van der Waals surface area (Å²) in [5.41, 5.74) is 5.28. The van der Waals surface area contributed by atoms with Crippen LogP contribution >= 0.6 is 15.9 Å². The van der Waals surface area contributed by atoms with Gasteiger partial charge in [-0.15, -0.1) is 0 Å². The number of benzene rings is 2. The summed E-state index contributed by atoms with van der Waals surface area (Å²) in [4.78, 5) is 34.6. The summed E-state index contributed by atoms with van der Waals surface area (Å²) < 4.78 is 18.5. The van der Waals surface area contributed by atoms with Crippen LogP contribution in [0.15, 0.2) is 46.9 Å². The first-order valence-corrected chi connectivity index (χ1v) is 7.50. The fourth-order valence-corrected chi connectivity index (χ4v) is 2.30. The van der Waals surface area contributed by atoms with Crippen LogP contribution in [0.4, 0.5) is 4.39 Å². The Balaban J connectivity index is 2.12. The highest BCUT2D eigenvalue weighted by Crippen LogP contribution is 2.21. The Labute approximate surface area is 144 Å². The minimum atomic E-state index is -0.712. The minimum absolute atomic E-state index is 0.128. The zero-order valence-electron chi connectivity index (χ0n) is 12.2. The molecule has 0 heterocycles. The Bertz CT molecular complexity index is 810. The summed E-state index contributed by atoms with van der Waals surface area (Å²) in [5, 5.41) is 2.32. The molecule has 124 valence electrons. The predicted octanol–water partition coefficient (Wildman–Crippen LogP) is 2.02. The summed E-state index contributed by atoms with van der Waals surface area (Å²) in [7, 11) is 0. The molecule has 0 aromatic heterocycles. The number of amides is 2. The van der Waals surface area contributed by atoms with Crippen molar-refractivity contribution in [1.29, 1.82) is 0 Å². The van der Waals surface area contributed by atoms with Gasteiger partial charge in [0.1, 0.15) is 11.6 Å². The van der Waals surface area contributed by atoms with Crippen LogP contribution in [0.5, 0.6) is 5.75 Å². The summed E-state index contributed by atoms with van der Waals surface area (Å²) in [5.74, 6) is -2.28. The maximum Gasteiger partial charge on any atom is 0.344 e. The molecule has 0 unspecified atom stereocenters. The number of nitrogens with two attached hydrogens (primary N) is 1. The number of ether oxygens (including phenoxy) is 1. The van der Waals surface area contributed by atoms with E-state index in [2.05, 4.69) is 21.2 Å². The molecule has 0 saturated carbocycles. The van der Waals surface area contributed by atoms with Gasteiger partial charge in [0.2, 0.25) is 5.91 Å². The van der Waals surface area contributed by atoms with Gasteiger partial charge < -0.3 is 15.8 Å². The van der Waals surface area contributed by atoms with Crippen LogP contribution in [-0.4, -0.2) is 24.3 Å². The highest BCUT2D eigenvalue weighted by Gasteiger charge is 2.14. The standard InChI is InChI=1S/C16H12BrFN2O4/c17-13-7-10(18)4-5-12(13)16(23)24-11-3-1-2-9(6-11)15(22)20-8-14(19)21/h1-7H,8H2,(H2,19,21)(H,20,22). The molecule has 0 aliphatic carbocycles. The molecule has 8 heteroatoms. The molecule has 6 nitrogen and oxygen atoms in total. The van der Waals surface area contributed by atoms with Gasteiger partial charge in [-0.1, -0.05) is 6.07 Å². The molecule has 2 aromatic carbocycles. The number of carbonyl (C=O) groups excluding carboxylic acids is 3. The lowest BCUT2D eigenvalue weighted by Gasteiger charge is -2.08. The molecule has 2 amide bonds. The number of esters is 1. The quantitative estimate of drug-likeness (QED) is 0.598. The van der Waals surface area contributed by atoms with E-state index in [0.717, 1.165) is 12.1 Å². The SMILES string of the molecule is NC(=O)CNC(=O)c1cccc(OC(=O)c2ccc(F)cc2Br)c1. The molecule has 0 saturated heterocycles. The maximum absolute atomic E-state index is 13.0. The summed E-state index contributed by atoms with van der Waals surface area (Å²) >= 11 is 3.08. The fourth-order valence-electron chi connectivity index (χ4n) is 1.79. The summed E-state index contributed by atoms with van der Waals surface area (Å²) in [6.45, 7) is -0.300. The zero-order chi connectivity index (χ0) is 17.7. The molecular formula is C16H12BrFN2O4. The lowest BCUT2D eigenvalue weighted by atomic mass is 10.2. The van der Waals surface area contributed by atoms with Crippen LogP contribution < -0.4 is 15.8 Å². The highest BCUT2D eigenvalue weighted by atomic mass is 79.9. The molecule has 0 aliphatic rings. The topological polar surface area (TPSA) is 98.5 Å². The first-order valence-electron chi connectivity index (χ1n) is 6.70. The molecule has 24 heavy (non-hydrogen) atoms. The van der Waals surface area contributed by atoms with E-state index in [0.29, 0.717) is 0 Å². The second-order valence-corrected chi connectivity index (χ2v) is 5.54. The van der Waals surface area contributed by atoms with Gasteiger partial charge >= 0.3 is 5.97 Å². The lowest BCUT2D eigenvalue weighted by Crippen LogP contribution is -2.33. The van der Waals surface area contributed by atoms with E-state index in [4.69, 9.17) is 10.5 Å². The van der Waals surface area contributed by atoms with Gasteiger partial charge in [-0.25, -0.2) is 9.18 Å². The number of carbonyl (C=O) groups is 3. The van der Waals surface area contributed by atoms with Gasteiger partial charge in [-0.3, -0.25) is 9.59 Å². The maximum atomic E-state index is 13.0. The van der Waals surface area contributed by atoms with E-state index in [1.54, 1.807) is 0 Å². The van der Waals surface area contributed by atoms with Crippen LogP contribution in [0.2, 0.25) is 0 Å². The van der Waals surface area contributed by atoms with Crippen molar-refractivity contribution in [2.45, 2.75) is 0 Å². The van der Waals surface area contributed by atoms with Crippen molar-refractivity contribution >= 4 is 33.7 Å². The molecule has 0 atom stereocenters. The third kappa shape index (κ3) is 4.63. The van der Waals surface area contributed by atoms with Crippen molar-refractivity contribution in [3.8, 4) is 5.75 Å². The Hall–Kier alpha value is -2.74. The second kappa shape index (κ2) is 7.69. The molecule has 0 bridgehead atoms. The van der Waals surface area contributed by atoms with E-state index in [1.807, 2.05) is 0 Å².